The van der Waals surface area contributed by atoms with E-state index in [1.165, 1.54) is 5.56 Å². The maximum absolute atomic E-state index is 11.9. The molecule has 0 bridgehead atoms. The summed E-state index contributed by atoms with van der Waals surface area (Å²) in [5.41, 5.74) is 3.36. The second kappa shape index (κ2) is 6.92. The fraction of sp³-hybridized carbons (Fsp3) is 0.375. The van der Waals surface area contributed by atoms with Gasteiger partial charge < -0.3 is 10.6 Å². The van der Waals surface area contributed by atoms with Gasteiger partial charge in [-0.05, 0) is 30.5 Å². The third-order valence-corrected chi connectivity index (χ3v) is 3.59. The quantitative estimate of drug-likeness (QED) is 0.887. The van der Waals surface area contributed by atoms with Crippen LogP contribution in [0.5, 0.6) is 0 Å². The van der Waals surface area contributed by atoms with Gasteiger partial charge in [0.1, 0.15) is 0 Å². The van der Waals surface area contributed by atoms with Crippen LogP contribution in [0.2, 0.25) is 0 Å². The maximum Gasteiger partial charge on any atom is 0.315 e. The molecule has 2 rings (SSSR count). The number of nitrogens with zero attached hydrogens (tertiary/aromatic N) is 2. The minimum absolute atomic E-state index is 0.0255. The van der Waals surface area contributed by atoms with E-state index in [0.29, 0.717) is 6.54 Å². The van der Waals surface area contributed by atoms with Crippen LogP contribution in [0.25, 0.3) is 0 Å². The van der Waals surface area contributed by atoms with Crippen LogP contribution in [-0.4, -0.2) is 15.8 Å². The molecule has 1 unspecified atom stereocenters. The second-order valence-electron chi connectivity index (χ2n) is 5.09. The van der Waals surface area contributed by atoms with E-state index in [0.717, 1.165) is 17.7 Å². The predicted molar refractivity (Wildman–Crippen MR) is 82.8 cm³/mol. The first-order chi connectivity index (χ1) is 10.1. The van der Waals surface area contributed by atoms with Crippen molar-refractivity contribution in [1.29, 1.82) is 0 Å². The number of carbonyl (C=O) groups excluding carboxylic acids is 1. The van der Waals surface area contributed by atoms with E-state index >= 15 is 0 Å². The highest BCUT2D eigenvalue weighted by molar-refractivity contribution is 5.74. The number of benzene rings is 1. The molecule has 112 valence electrons. The van der Waals surface area contributed by atoms with Crippen molar-refractivity contribution >= 4 is 6.03 Å². The summed E-state index contributed by atoms with van der Waals surface area (Å²) in [6.45, 7) is 4.57. The largest absolute Gasteiger partial charge is 0.333 e. The Morgan fingerprint density at radius 2 is 2.00 bits per heavy atom. The standard InChI is InChI=1S/C16H22N4O/c1-4-13-5-7-14(8-6-13)12(2)19-16(21)17-11-15-9-10-18-20(15)3/h5-10,12H,4,11H2,1-3H3,(H2,17,19,21). The Bertz CT molecular complexity index is 589. The number of aromatic nitrogens is 2. The van der Waals surface area contributed by atoms with Crippen molar-refractivity contribution in [3.05, 3.63) is 53.3 Å². The Balaban J connectivity index is 1.85. The molecular formula is C16H22N4O. The van der Waals surface area contributed by atoms with Gasteiger partial charge in [-0.2, -0.15) is 5.10 Å². The molecule has 1 heterocycles. The van der Waals surface area contributed by atoms with Crippen LogP contribution >= 0.6 is 0 Å². The lowest BCUT2D eigenvalue weighted by atomic mass is 10.1. The number of hydrogen-bond acceptors (Lipinski definition) is 2. The van der Waals surface area contributed by atoms with Crippen molar-refractivity contribution in [1.82, 2.24) is 20.4 Å². The van der Waals surface area contributed by atoms with Gasteiger partial charge in [-0.1, -0.05) is 31.2 Å². The van der Waals surface area contributed by atoms with Crippen molar-refractivity contribution in [2.24, 2.45) is 7.05 Å². The van der Waals surface area contributed by atoms with Crippen molar-refractivity contribution in [3.63, 3.8) is 0 Å². The van der Waals surface area contributed by atoms with Crippen LogP contribution in [0.1, 0.15) is 36.7 Å². The highest BCUT2D eigenvalue weighted by Gasteiger charge is 2.09. The fourth-order valence-corrected chi connectivity index (χ4v) is 2.12. The number of carbonyl (C=O) groups is 1. The smallest absolute Gasteiger partial charge is 0.315 e. The van der Waals surface area contributed by atoms with E-state index in [9.17, 15) is 4.79 Å². The molecule has 1 aromatic carbocycles. The van der Waals surface area contributed by atoms with Crippen LogP contribution < -0.4 is 10.6 Å². The lowest BCUT2D eigenvalue weighted by molar-refractivity contribution is 0.237. The summed E-state index contributed by atoms with van der Waals surface area (Å²) in [6.07, 6.45) is 2.74. The van der Waals surface area contributed by atoms with Gasteiger partial charge in [0.2, 0.25) is 0 Å². The van der Waals surface area contributed by atoms with Crippen LogP contribution in [0, 0.1) is 0 Å². The minimum Gasteiger partial charge on any atom is -0.333 e. The first kappa shape index (κ1) is 15.1. The minimum atomic E-state index is -0.178. The number of aryl methyl sites for hydroxylation is 2. The van der Waals surface area contributed by atoms with Crippen molar-refractivity contribution in [2.45, 2.75) is 32.9 Å². The van der Waals surface area contributed by atoms with E-state index in [4.69, 9.17) is 0 Å². The molecule has 2 aromatic rings. The number of hydrogen-bond donors (Lipinski definition) is 2. The van der Waals surface area contributed by atoms with Gasteiger partial charge in [0.05, 0.1) is 18.3 Å². The molecule has 0 fully saturated rings. The van der Waals surface area contributed by atoms with Crippen molar-refractivity contribution in [3.8, 4) is 0 Å². The Morgan fingerprint density at radius 1 is 1.29 bits per heavy atom. The zero-order valence-corrected chi connectivity index (χ0v) is 12.8. The molecule has 0 saturated carbocycles. The molecule has 21 heavy (non-hydrogen) atoms. The van der Waals surface area contributed by atoms with Crippen LogP contribution in [0.3, 0.4) is 0 Å². The number of nitrogens with one attached hydrogen (secondary N) is 2. The molecule has 2 amide bonds. The van der Waals surface area contributed by atoms with Gasteiger partial charge in [-0.25, -0.2) is 4.79 Å². The molecule has 0 saturated heterocycles. The molecule has 2 N–H and O–H groups in total. The maximum atomic E-state index is 11.9. The highest BCUT2D eigenvalue weighted by atomic mass is 16.2. The van der Waals surface area contributed by atoms with Gasteiger partial charge in [-0.15, -0.1) is 0 Å². The third kappa shape index (κ3) is 4.08. The Hall–Kier alpha value is -2.30. The molecule has 0 spiro atoms. The van der Waals surface area contributed by atoms with Gasteiger partial charge in [0.25, 0.3) is 0 Å². The fourth-order valence-electron chi connectivity index (χ4n) is 2.12. The van der Waals surface area contributed by atoms with Gasteiger partial charge in [0.15, 0.2) is 0 Å². The van der Waals surface area contributed by atoms with E-state index in [1.54, 1.807) is 10.9 Å². The van der Waals surface area contributed by atoms with Gasteiger partial charge in [-0.3, -0.25) is 4.68 Å². The average molecular weight is 286 g/mol. The molecule has 1 atom stereocenters. The average Bonchev–Trinajstić information content (AvgIpc) is 2.90. The summed E-state index contributed by atoms with van der Waals surface area (Å²) >= 11 is 0. The molecule has 0 aliphatic rings. The summed E-state index contributed by atoms with van der Waals surface area (Å²) in [5, 5.41) is 9.84. The van der Waals surface area contributed by atoms with E-state index in [2.05, 4.69) is 46.9 Å². The van der Waals surface area contributed by atoms with E-state index in [-0.39, 0.29) is 12.1 Å². The molecule has 5 heteroatoms. The lowest BCUT2D eigenvalue weighted by Crippen LogP contribution is -2.37. The summed E-state index contributed by atoms with van der Waals surface area (Å²) in [6, 6.07) is 10.00. The number of rotatable bonds is 5. The molecule has 0 aliphatic carbocycles. The Kier molecular flexibility index (Phi) is 4.98. The SMILES string of the molecule is CCc1ccc(C(C)NC(=O)NCc2ccnn2C)cc1. The van der Waals surface area contributed by atoms with Crippen molar-refractivity contribution in [2.75, 3.05) is 0 Å². The second-order valence-corrected chi connectivity index (χ2v) is 5.09. The van der Waals surface area contributed by atoms with Crippen LogP contribution in [0.4, 0.5) is 4.79 Å². The molecular weight excluding hydrogens is 264 g/mol. The topological polar surface area (TPSA) is 59.0 Å². The molecule has 0 radical (unpaired) electrons. The Morgan fingerprint density at radius 3 is 2.57 bits per heavy atom. The normalized spacial score (nSPS) is 12.0. The van der Waals surface area contributed by atoms with Crippen LogP contribution in [0.15, 0.2) is 36.5 Å². The number of urea groups is 1. The predicted octanol–water partition coefficient (Wildman–Crippen LogP) is 2.54. The van der Waals surface area contributed by atoms with E-state index in [1.807, 2.05) is 20.0 Å². The zero-order valence-electron chi connectivity index (χ0n) is 12.8. The summed E-state index contributed by atoms with van der Waals surface area (Å²) in [4.78, 5) is 11.9. The summed E-state index contributed by atoms with van der Waals surface area (Å²) in [7, 11) is 1.85. The van der Waals surface area contributed by atoms with E-state index < -0.39 is 0 Å². The molecule has 1 aromatic heterocycles. The lowest BCUT2D eigenvalue weighted by Gasteiger charge is -2.15. The highest BCUT2D eigenvalue weighted by Crippen LogP contribution is 2.13. The van der Waals surface area contributed by atoms with Crippen molar-refractivity contribution < 1.29 is 4.79 Å². The summed E-state index contributed by atoms with van der Waals surface area (Å²) < 4.78 is 1.74. The monoisotopic (exact) mass is 286 g/mol. The third-order valence-electron chi connectivity index (χ3n) is 3.59. The molecule has 0 aliphatic heterocycles. The first-order valence-corrected chi connectivity index (χ1v) is 7.20. The zero-order chi connectivity index (χ0) is 15.2. The molecule has 5 nitrogen and oxygen atoms in total. The van der Waals surface area contributed by atoms with Crippen LogP contribution in [-0.2, 0) is 20.0 Å². The van der Waals surface area contributed by atoms with Gasteiger partial charge in [0, 0.05) is 13.2 Å². The van der Waals surface area contributed by atoms with Gasteiger partial charge >= 0.3 is 6.03 Å². The number of amides is 2. The summed E-state index contributed by atoms with van der Waals surface area (Å²) in [5.74, 6) is 0. The first-order valence-electron chi connectivity index (χ1n) is 7.20. The Labute approximate surface area is 125 Å².